The number of hydrogen-bond acceptors (Lipinski definition) is 4. The fourth-order valence-electron chi connectivity index (χ4n) is 2.68. The van der Waals surface area contributed by atoms with E-state index in [9.17, 15) is 22.4 Å². The Morgan fingerprint density at radius 2 is 1.90 bits per heavy atom. The van der Waals surface area contributed by atoms with Crippen LogP contribution in [0.2, 0.25) is 0 Å². The number of aliphatic imine (C=N–C) groups is 1. The molecule has 0 unspecified atom stereocenters. The van der Waals surface area contributed by atoms with E-state index in [1.807, 2.05) is 0 Å². The molecule has 0 spiro atoms. The molecule has 0 aliphatic carbocycles. The van der Waals surface area contributed by atoms with Gasteiger partial charge in [0.05, 0.1) is 5.52 Å². The van der Waals surface area contributed by atoms with Gasteiger partial charge in [-0.1, -0.05) is 24.3 Å². The van der Waals surface area contributed by atoms with Crippen molar-refractivity contribution in [3.8, 4) is 11.1 Å². The van der Waals surface area contributed by atoms with Crippen LogP contribution in [-0.2, 0) is 0 Å². The molecule has 5 nitrogen and oxygen atoms in total. The second kappa shape index (κ2) is 8.32. The molecule has 0 atom stereocenters. The maximum absolute atomic E-state index is 14.0. The lowest BCUT2D eigenvalue weighted by Crippen LogP contribution is -2.31. The minimum Gasteiger partial charge on any atom is -0.395 e. The third kappa shape index (κ3) is 4.62. The van der Waals surface area contributed by atoms with Crippen LogP contribution >= 0.6 is 0 Å². The average Bonchev–Trinajstić information content (AvgIpc) is 2.72. The average molecular weight is 416 g/mol. The van der Waals surface area contributed by atoms with Gasteiger partial charge in [0.2, 0.25) is 0 Å². The van der Waals surface area contributed by atoms with Crippen LogP contribution in [0.5, 0.6) is 0 Å². The summed E-state index contributed by atoms with van der Waals surface area (Å²) in [6.07, 6.45) is -2.71. The topological polar surface area (TPSA) is 80.4 Å². The van der Waals surface area contributed by atoms with E-state index >= 15 is 0 Å². The minimum atomic E-state index is -4.73. The molecular weight excluding hydrogens is 400 g/mol. The molecule has 3 aromatic rings. The van der Waals surface area contributed by atoms with E-state index in [1.54, 1.807) is 30.3 Å². The molecule has 2 aromatic carbocycles. The maximum atomic E-state index is 14.0. The lowest BCUT2D eigenvalue weighted by molar-refractivity contribution is -0.0925. The highest BCUT2D eigenvalue weighted by atomic mass is 19.4. The van der Waals surface area contributed by atoms with Gasteiger partial charge in [-0.15, -0.1) is 0 Å². The van der Waals surface area contributed by atoms with E-state index in [0.717, 1.165) is 0 Å². The predicted molar refractivity (Wildman–Crippen MR) is 106 cm³/mol. The van der Waals surface area contributed by atoms with Gasteiger partial charge in [0.15, 0.2) is 0 Å². The van der Waals surface area contributed by atoms with E-state index in [2.05, 4.69) is 15.3 Å². The highest BCUT2D eigenvalue weighted by Crippen LogP contribution is 2.25. The number of nitrogens with one attached hydrogen (secondary N) is 1. The molecule has 1 heterocycles. The van der Waals surface area contributed by atoms with Crippen molar-refractivity contribution < 1.29 is 22.4 Å². The minimum absolute atomic E-state index is 0.161. The number of carbonyl (C=O) groups is 1. The van der Waals surface area contributed by atoms with Gasteiger partial charge < -0.3 is 11.1 Å². The number of halogens is 4. The Morgan fingerprint density at radius 1 is 1.17 bits per heavy atom. The standard InChI is InChI=1S/C21H16F4N4O/c1-27-19(10-18(26)21(23,24)25)29-20(30)13-7-6-12-8-14(11-28-17(12)9-13)15-4-2-3-5-16(15)22/h2-11H,26H2,1H3,(H,27,29,30)/b18-10-. The van der Waals surface area contributed by atoms with Crippen LogP contribution < -0.4 is 11.1 Å². The summed E-state index contributed by atoms with van der Waals surface area (Å²) in [7, 11) is 1.22. The highest BCUT2D eigenvalue weighted by molar-refractivity contribution is 6.11. The quantitative estimate of drug-likeness (QED) is 0.381. The molecule has 0 bridgehead atoms. The van der Waals surface area contributed by atoms with Gasteiger partial charge in [0.25, 0.3) is 5.91 Å². The molecule has 0 aliphatic heterocycles. The number of nitrogens with two attached hydrogens (primary N) is 1. The first-order chi connectivity index (χ1) is 14.2. The summed E-state index contributed by atoms with van der Waals surface area (Å²) < 4.78 is 51.7. The molecule has 30 heavy (non-hydrogen) atoms. The summed E-state index contributed by atoms with van der Waals surface area (Å²) in [4.78, 5) is 20.3. The molecule has 0 aliphatic rings. The molecule has 1 aromatic heterocycles. The van der Waals surface area contributed by atoms with Crippen LogP contribution in [0.3, 0.4) is 0 Å². The Morgan fingerprint density at radius 3 is 2.57 bits per heavy atom. The highest BCUT2D eigenvalue weighted by Gasteiger charge is 2.31. The van der Waals surface area contributed by atoms with Gasteiger partial charge >= 0.3 is 6.18 Å². The molecule has 1 amide bonds. The van der Waals surface area contributed by atoms with Crippen LogP contribution in [-0.4, -0.2) is 30.0 Å². The number of aromatic nitrogens is 1. The van der Waals surface area contributed by atoms with E-state index < -0.39 is 17.8 Å². The summed E-state index contributed by atoms with van der Waals surface area (Å²) in [6.45, 7) is 0. The normalized spacial score (nSPS) is 12.8. The van der Waals surface area contributed by atoms with Crippen molar-refractivity contribution in [3.05, 3.63) is 77.9 Å². The number of fused-ring (bicyclic) bond motifs is 1. The van der Waals surface area contributed by atoms with Crippen LogP contribution in [0.15, 0.2) is 71.5 Å². The number of allylic oxidation sites excluding steroid dienone is 1. The van der Waals surface area contributed by atoms with Gasteiger partial charge in [-0.3, -0.25) is 14.8 Å². The number of amidine groups is 1. The summed E-state index contributed by atoms with van der Waals surface area (Å²) in [6, 6.07) is 12.6. The maximum Gasteiger partial charge on any atom is 0.430 e. The van der Waals surface area contributed by atoms with Gasteiger partial charge in [-0.2, -0.15) is 13.2 Å². The van der Waals surface area contributed by atoms with Crippen molar-refractivity contribution in [1.82, 2.24) is 10.3 Å². The van der Waals surface area contributed by atoms with Gasteiger partial charge in [-0.05, 0) is 24.3 Å². The van der Waals surface area contributed by atoms with E-state index in [-0.39, 0.29) is 17.2 Å². The Hall–Kier alpha value is -3.75. The third-order valence-electron chi connectivity index (χ3n) is 4.23. The van der Waals surface area contributed by atoms with Crippen molar-refractivity contribution in [3.63, 3.8) is 0 Å². The van der Waals surface area contributed by atoms with E-state index in [4.69, 9.17) is 5.73 Å². The molecule has 154 valence electrons. The Bertz CT molecular complexity index is 1170. The summed E-state index contributed by atoms with van der Waals surface area (Å²) in [5, 5.41) is 2.94. The largest absolute Gasteiger partial charge is 0.430 e. The van der Waals surface area contributed by atoms with Crippen molar-refractivity contribution in [2.24, 2.45) is 10.7 Å². The fourth-order valence-corrected chi connectivity index (χ4v) is 2.68. The van der Waals surface area contributed by atoms with E-state index in [0.29, 0.717) is 28.1 Å². The molecule has 3 N–H and O–H groups in total. The monoisotopic (exact) mass is 416 g/mol. The second-order valence-corrected chi connectivity index (χ2v) is 6.27. The first-order valence-corrected chi connectivity index (χ1v) is 8.66. The predicted octanol–water partition coefficient (Wildman–Crippen LogP) is 4.20. The van der Waals surface area contributed by atoms with Crippen molar-refractivity contribution >= 4 is 22.6 Å². The zero-order valence-electron chi connectivity index (χ0n) is 15.7. The zero-order valence-corrected chi connectivity index (χ0v) is 15.7. The summed E-state index contributed by atoms with van der Waals surface area (Å²) >= 11 is 0. The molecule has 0 saturated carbocycles. The Kier molecular flexibility index (Phi) is 5.81. The van der Waals surface area contributed by atoms with Crippen LogP contribution in [0.25, 0.3) is 22.0 Å². The zero-order chi connectivity index (χ0) is 21.9. The summed E-state index contributed by atoms with van der Waals surface area (Å²) in [5.74, 6) is -1.39. The van der Waals surface area contributed by atoms with Crippen molar-refractivity contribution in [1.29, 1.82) is 0 Å². The lowest BCUT2D eigenvalue weighted by atomic mass is 10.0. The molecule has 0 saturated heterocycles. The number of carbonyl (C=O) groups excluding carboxylic acids is 1. The van der Waals surface area contributed by atoms with E-state index in [1.165, 1.54) is 31.4 Å². The first kappa shape index (κ1) is 21.0. The molecule has 0 radical (unpaired) electrons. The van der Waals surface area contributed by atoms with Crippen LogP contribution in [0.4, 0.5) is 17.6 Å². The lowest BCUT2D eigenvalue weighted by Gasteiger charge is -2.09. The Balaban J connectivity index is 1.86. The Labute approximate surface area is 168 Å². The SMILES string of the molecule is CN=C(/C=C(\N)C(F)(F)F)NC(=O)c1ccc2cc(-c3ccccc3F)cnc2c1. The second-order valence-electron chi connectivity index (χ2n) is 6.27. The molecular formula is C21H16F4N4O. The molecule has 3 rings (SSSR count). The molecule has 9 heteroatoms. The van der Waals surface area contributed by atoms with Crippen LogP contribution in [0.1, 0.15) is 10.4 Å². The van der Waals surface area contributed by atoms with Crippen molar-refractivity contribution in [2.75, 3.05) is 7.05 Å². The number of rotatable bonds is 3. The first-order valence-electron chi connectivity index (χ1n) is 8.66. The number of amides is 1. The number of alkyl halides is 3. The number of benzene rings is 2. The number of nitrogens with zero attached hydrogens (tertiary/aromatic N) is 2. The van der Waals surface area contributed by atoms with Crippen molar-refractivity contribution in [2.45, 2.75) is 6.18 Å². The van der Waals surface area contributed by atoms with Crippen LogP contribution in [0, 0.1) is 5.82 Å². The number of pyridine rings is 1. The fraction of sp³-hybridized carbons (Fsp3) is 0.0952. The van der Waals surface area contributed by atoms with Gasteiger partial charge in [0, 0.05) is 41.4 Å². The number of hydrogen-bond donors (Lipinski definition) is 2. The third-order valence-corrected chi connectivity index (χ3v) is 4.23. The smallest absolute Gasteiger partial charge is 0.395 e. The summed E-state index contributed by atoms with van der Waals surface area (Å²) in [5.41, 5.74) is 5.16. The molecule has 0 fully saturated rings. The van der Waals surface area contributed by atoms with Gasteiger partial charge in [-0.25, -0.2) is 4.39 Å². The van der Waals surface area contributed by atoms with Gasteiger partial charge in [0.1, 0.15) is 17.3 Å².